The topological polar surface area (TPSA) is 63.9 Å². The average Bonchev–Trinajstić information content (AvgIpc) is 3.51. The molecule has 0 N–H and O–H groups in total. The van der Waals surface area contributed by atoms with Gasteiger partial charge in [-0.05, 0) is 44.6 Å². The van der Waals surface area contributed by atoms with E-state index in [-0.39, 0.29) is 5.56 Å². The van der Waals surface area contributed by atoms with Crippen molar-refractivity contribution in [2.75, 3.05) is 11.4 Å². The lowest BCUT2D eigenvalue weighted by molar-refractivity contribution is 0.482. The second kappa shape index (κ2) is 5.65. The molecule has 3 fully saturated rings. The Balaban J connectivity index is 1.37. The van der Waals surface area contributed by atoms with E-state index in [2.05, 4.69) is 14.4 Å². The SMILES string of the molecule is O=c1ccc(C2CC2)nn1CC1CCCN1c1nc(C2CC2)ns1. The molecular weight excluding hydrogens is 322 g/mol. The normalized spacial score (nSPS) is 23.8. The van der Waals surface area contributed by atoms with Gasteiger partial charge in [0.05, 0.1) is 18.3 Å². The molecule has 0 spiro atoms. The lowest BCUT2D eigenvalue weighted by Crippen LogP contribution is -2.37. The van der Waals surface area contributed by atoms with Crippen LogP contribution < -0.4 is 10.5 Å². The Morgan fingerprint density at radius 1 is 1.12 bits per heavy atom. The molecule has 3 aliphatic rings. The Hall–Kier alpha value is -1.76. The highest BCUT2D eigenvalue weighted by Crippen LogP contribution is 2.40. The number of hydrogen-bond acceptors (Lipinski definition) is 6. The van der Waals surface area contributed by atoms with Crippen LogP contribution >= 0.6 is 11.5 Å². The molecule has 0 radical (unpaired) electrons. The molecule has 0 amide bonds. The Kier molecular flexibility index (Phi) is 3.43. The van der Waals surface area contributed by atoms with E-state index in [1.54, 1.807) is 10.7 Å². The first kappa shape index (κ1) is 14.6. The van der Waals surface area contributed by atoms with Crippen LogP contribution in [0.25, 0.3) is 0 Å². The monoisotopic (exact) mass is 343 g/mol. The Labute approximate surface area is 144 Å². The summed E-state index contributed by atoms with van der Waals surface area (Å²) in [5, 5.41) is 5.63. The van der Waals surface area contributed by atoms with E-state index in [0.29, 0.717) is 24.4 Å². The van der Waals surface area contributed by atoms with Crippen LogP contribution in [0.5, 0.6) is 0 Å². The summed E-state index contributed by atoms with van der Waals surface area (Å²) in [5.41, 5.74) is 1.08. The second-order valence-electron chi connectivity index (χ2n) is 7.25. The number of rotatable bonds is 5. The van der Waals surface area contributed by atoms with Gasteiger partial charge in [-0.1, -0.05) is 0 Å². The fourth-order valence-electron chi connectivity index (χ4n) is 3.52. The second-order valence-corrected chi connectivity index (χ2v) is 7.98. The van der Waals surface area contributed by atoms with E-state index < -0.39 is 0 Å². The molecule has 1 saturated heterocycles. The Morgan fingerprint density at radius 2 is 1.96 bits per heavy atom. The van der Waals surface area contributed by atoms with Gasteiger partial charge in [0, 0.05) is 36.0 Å². The lowest BCUT2D eigenvalue weighted by atomic mass is 10.2. The molecular formula is C17H21N5OS. The van der Waals surface area contributed by atoms with E-state index in [1.807, 2.05) is 6.07 Å². The average molecular weight is 343 g/mol. The van der Waals surface area contributed by atoms with Crippen LogP contribution in [0.1, 0.15) is 61.9 Å². The summed E-state index contributed by atoms with van der Waals surface area (Å²) in [5.74, 6) is 2.18. The van der Waals surface area contributed by atoms with Crippen molar-refractivity contribution in [1.82, 2.24) is 19.1 Å². The third kappa shape index (κ3) is 2.75. The highest BCUT2D eigenvalue weighted by Gasteiger charge is 2.32. The predicted molar refractivity (Wildman–Crippen MR) is 92.7 cm³/mol. The minimum Gasteiger partial charge on any atom is -0.342 e. The Morgan fingerprint density at radius 3 is 2.75 bits per heavy atom. The zero-order valence-corrected chi connectivity index (χ0v) is 14.4. The predicted octanol–water partition coefficient (Wildman–Crippen LogP) is 2.52. The van der Waals surface area contributed by atoms with Gasteiger partial charge in [-0.15, -0.1) is 0 Å². The summed E-state index contributed by atoms with van der Waals surface area (Å²) >= 11 is 1.51. The van der Waals surface area contributed by atoms with Crippen LogP contribution in [-0.2, 0) is 6.54 Å². The molecule has 7 heteroatoms. The molecule has 24 heavy (non-hydrogen) atoms. The fourth-order valence-corrected chi connectivity index (χ4v) is 4.36. The number of aromatic nitrogens is 4. The van der Waals surface area contributed by atoms with Gasteiger partial charge in [-0.3, -0.25) is 4.79 Å². The molecule has 3 heterocycles. The largest absolute Gasteiger partial charge is 0.342 e. The maximum Gasteiger partial charge on any atom is 0.266 e. The molecule has 6 nitrogen and oxygen atoms in total. The summed E-state index contributed by atoms with van der Waals surface area (Å²) in [6.07, 6.45) is 7.09. The highest BCUT2D eigenvalue weighted by atomic mass is 32.1. The third-order valence-electron chi connectivity index (χ3n) is 5.26. The number of hydrogen-bond donors (Lipinski definition) is 0. The van der Waals surface area contributed by atoms with Crippen molar-refractivity contribution in [1.29, 1.82) is 0 Å². The van der Waals surface area contributed by atoms with E-state index in [0.717, 1.165) is 36.0 Å². The molecule has 2 aliphatic carbocycles. The minimum atomic E-state index is 0.00202. The van der Waals surface area contributed by atoms with Crippen LogP contribution in [0.4, 0.5) is 5.13 Å². The van der Waals surface area contributed by atoms with Crippen molar-refractivity contribution in [3.63, 3.8) is 0 Å². The standard InChI is InChI=1S/C17H21N5OS/c23-15-8-7-14(11-3-4-11)19-22(15)10-13-2-1-9-21(13)17-18-16(20-24-17)12-5-6-12/h7-8,11-13H,1-6,9-10H2. The molecule has 126 valence electrons. The van der Waals surface area contributed by atoms with Crippen LogP contribution in [0.2, 0.25) is 0 Å². The van der Waals surface area contributed by atoms with Gasteiger partial charge in [-0.25, -0.2) is 9.67 Å². The molecule has 0 bridgehead atoms. The van der Waals surface area contributed by atoms with Crippen LogP contribution in [-0.4, -0.2) is 31.7 Å². The zero-order valence-electron chi connectivity index (χ0n) is 13.6. The van der Waals surface area contributed by atoms with Gasteiger partial charge in [0.2, 0.25) is 5.13 Å². The Bertz CT molecular complexity index is 807. The van der Waals surface area contributed by atoms with E-state index >= 15 is 0 Å². The maximum absolute atomic E-state index is 12.2. The molecule has 0 aromatic carbocycles. The quantitative estimate of drug-likeness (QED) is 0.835. The molecule has 1 atom stereocenters. The molecule has 5 rings (SSSR count). The van der Waals surface area contributed by atoms with Crippen molar-refractivity contribution in [2.24, 2.45) is 0 Å². The zero-order chi connectivity index (χ0) is 16.1. The van der Waals surface area contributed by atoms with Crippen molar-refractivity contribution in [2.45, 2.75) is 62.9 Å². The maximum atomic E-state index is 12.2. The van der Waals surface area contributed by atoms with Crippen LogP contribution in [0.3, 0.4) is 0 Å². The summed E-state index contributed by atoms with van der Waals surface area (Å²) in [4.78, 5) is 19.3. The van der Waals surface area contributed by atoms with Crippen LogP contribution in [0, 0.1) is 0 Å². The highest BCUT2D eigenvalue weighted by molar-refractivity contribution is 7.09. The smallest absolute Gasteiger partial charge is 0.266 e. The van der Waals surface area contributed by atoms with E-state index in [9.17, 15) is 4.79 Å². The van der Waals surface area contributed by atoms with Crippen molar-refractivity contribution in [3.8, 4) is 0 Å². The first-order valence-electron chi connectivity index (χ1n) is 8.96. The number of anilines is 1. The first-order valence-corrected chi connectivity index (χ1v) is 9.73. The van der Waals surface area contributed by atoms with Crippen molar-refractivity contribution < 1.29 is 0 Å². The van der Waals surface area contributed by atoms with Gasteiger partial charge in [0.15, 0.2) is 0 Å². The van der Waals surface area contributed by atoms with E-state index in [1.165, 1.54) is 37.2 Å². The summed E-state index contributed by atoms with van der Waals surface area (Å²) in [6.45, 7) is 1.65. The fraction of sp³-hybridized carbons (Fsp3) is 0.647. The van der Waals surface area contributed by atoms with Crippen LogP contribution in [0.15, 0.2) is 16.9 Å². The van der Waals surface area contributed by atoms with Crippen molar-refractivity contribution in [3.05, 3.63) is 34.0 Å². The van der Waals surface area contributed by atoms with Crippen molar-refractivity contribution >= 4 is 16.7 Å². The summed E-state index contributed by atoms with van der Waals surface area (Å²) in [7, 11) is 0. The summed E-state index contributed by atoms with van der Waals surface area (Å²) in [6, 6.07) is 3.87. The molecule has 1 aliphatic heterocycles. The minimum absolute atomic E-state index is 0.00202. The molecule has 2 aromatic heterocycles. The van der Waals surface area contributed by atoms with Gasteiger partial charge in [0.1, 0.15) is 5.82 Å². The van der Waals surface area contributed by atoms with Gasteiger partial charge < -0.3 is 4.90 Å². The molecule has 1 unspecified atom stereocenters. The van der Waals surface area contributed by atoms with Gasteiger partial charge in [-0.2, -0.15) is 9.47 Å². The lowest BCUT2D eigenvalue weighted by Gasteiger charge is -2.23. The first-order chi connectivity index (χ1) is 11.8. The number of nitrogens with zero attached hydrogens (tertiary/aromatic N) is 5. The van der Waals surface area contributed by atoms with Gasteiger partial charge >= 0.3 is 0 Å². The molecule has 2 aromatic rings. The van der Waals surface area contributed by atoms with E-state index in [4.69, 9.17) is 4.98 Å². The third-order valence-corrected chi connectivity index (χ3v) is 6.03. The molecule has 2 saturated carbocycles. The van der Waals surface area contributed by atoms with Gasteiger partial charge in [0.25, 0.3) is 5.56 Å². The summed E-state index contributed by atoms with van der Waals surface area (Å²) < 4.78 is 6.20.